The van der Waals surface area contributed by atoms with Crippen LogP contribution >= 0.6 is 0 Å². The van der Waals surface area contributed by atoms with Crippen molar-refractivity contribution >= 4 is 20.7 Å². The molecule has 0 aliphatic carbocycles. The number of rotatable bonds is 10. The molecule has 0 atom stereocenters. The number of hydrogen-bond acceptors (Lipinski definition) is 5. The predicted octanol–water partition coefficient (Wildman–Crippen LogP) is 7.67. The quantitative estimate of drug-likeness (QED) is 0.173. The first-order valence-corrected chi connectivity index (χ1v) is 14.7. The Balaban J connectivity index is 1.29. The lowest BCUT2D eigenvalue weighted by atomic mass is 9.99. The molecule has 1 heterocycles. The maximum atomic E-state index is 13.5. The lowest BCUT2D eigenvalue weighted by Crippen LogP contribution is -2.18. The van der Waals surface area contributed by atoms with Crippen LogP contribution in [0.15, 0.2) is 114 Å². The molecule has 4 aromatic carbocycles. The van der Waals surface area contributed by atoms with Gasteiger partial charge in [-0.25, -0.2) is 8.42 Å². The predicted molar refractivity (Wildman–Crippen MR) is 154 cm³/mol. The van der Waals surface area contributed by atoms with E-state index < -0.39 is 21.6 Å². The first-order chi connectivity index (χ1) is 19.7. The summed E-state index contributed by atoms with van der Waals surface area (Å²) >= 11 is 0. The topological polar surface area (TPSA) is 68.3 Å². The molecule has 0 amide bonds. The number of hydrogen-bond donors (Lipinski definition) is 1. The number of halogens is 3. The van der Waals surface area contributed by atoms with Crippen molar-refractivity contribution in [3.63, 3.8) is 0 Å². The van der Waals surface area contributed by atoms with Crippen LogP contribution in [0.3, 0.4) is 0 Å². The van der Waals surface area contributed by atoms with E-state index in [1.165, 1.54) is 24.4 Å². The lowest BCUT2D eigenvalue weighted by molar-refractivity contribution is -0.136. The van der Waals surface area contributed by atoms with Gasteiger partial charge in [0.2, 0.25) is 0 Å². The summed E-state index contributed by atoms with van der Waals surface area (Å²) in [6.45, 7) is 1.23. The second kappa shape index (κ2) is 12.1. The number of para-hydroxylation sites is 1. The summed E-state index contributed by atoms with van der Waals surface area (Å²) in [5.74, 6) is 0.742. The highest BCUT2D eigenvalue weighted by Crippen LogP contribution is 2.38. The van der Waals surface area contributed by atoms with Crippen LogP contribution in [0, 0.1) is 0 Å². The largest absolute Gasteiger partial charge is 0.457 e. The molecular formula is C32H27F3N2O3S. The third-order valence-corrected chi connectivity index (χ3v) is 8.36. The van der Waals surface area contributed by atoms with Crippen molar-refractivity contribution in [3.8, 4) is 22.6 Å². The third-order valence-electron chi connectivity index (χ3n) is 6.56. The van der Waals surface area contributed by atoms with Gasteiger partial charge in [-0.1, -0.05) is 60.7 Å². The van der Waals surface area contributed by atoms with Crippen molar-refractivity contribution in [2.45, 2.75) is 24.0 Å². The van der Waals surface area contributed by atoms with Gasteiger partial charge in [0.15, 0.2) is 9.84 Å². The molecule has 0 radical (unpaired) electrons. The molecule has 0 bridgehead atoms. The fraction of sp³-hybridized carbons (Fsp3) is 0.156. The monoisotopic (exact) mass is 576 g/mol. The molecule has 0 fully saturated rings. The number of ether oxygens (including phenoxy) is 1. The van der Waals surface area contributed by atoms with E-state index in [0.717, 1.165) is 11.6 Å². The zero-order chi connectivity index (χ0) is 28.9. The fourth-order valence-corrected chi connectivity index (χ4v) is 5.93. The molecule has 210 valence electrons. The molecule has 9 heteroatoms. The molecule has 5 nitrogen and oxygen atoms in total. The molecule has 0 aliphatic rings. The second-order valence-electron chi connectivity index (χ2n) is 9.50. The van der Waals surface area contributed by atoms with Crippen LogP contribution in [0.4, 0.5) is 13.2 Å². The van der Waals surface area contributed by atoms with Gasteiger partial charge in [0, 0.05) is 18.1 Å². The standard InChI is InChI=1S/C32H27F3N2O3S/c33-32(34,35)30-15-6-14-29-28(16-18-37-31(29)30)24-10-4-11-25(20-24)40-26-12-5-13-27(21-26)41(38,39)19-7-17-36-22-23-8-2-1-3-9-23/h1-6,8-16,18,20-21,36H,7,17,19,22H2. The number of benzene rings is 4. The molecular weight excluding hydrogens is 549 g/mol. The van der Waals surface area contributed by atoms with E-state index in [4.69, 9.17) is 4.74 Å². The highest BCUT2D eigenvalue weighted by molar-refractivity contribution is 7.91. The minimum atomic E-state index is -4.53. The lowest BCUT2D eigenvalue weighted by Gasteiger charge is -2.13. The van der Waals surface area contributed by atoms with Crippen molar-refractivity contribution in [2.24, 2.45) is 0 Å². The Morgan fingerprint density at radius 2 is 1.54 bits per heavy atom. The Morgan fingerprint density at radius 1 is 0.805 bits per heavy atom. The highest BCUT2D eigenvalue weighted by atomic mass is 32.2. The van der Waals surface area contributed by atoms with Crippen molar-refractivity contribution in [1.82, 2.24) is 10.3 Å². The third kappa shape index (κ3) is 6.93. The van der Waals surface area contributed by atoms with E-state index in [2.05, 4.69) is 10.3 Å². The fourth-order valence-electron chi connectivity index (χ4n) is 4.58. The Bertz CT molecular complexity index is 1760. The average molecular weight is 577 g/mol. The molecule has 0 saturated heterocycles. The summed E-state index contributed by atoms with van der Waals surface area (Å²) in [6.07, 6.45) is -2.72. The van der Waals surface area contributed by atoms with Crippen LogP contribution in [0.5, 0.6) is 11.5 Å². The van der Waals surface area contributed by atoms with Crippen LogP contribution in [-0.2, 0) is 22.6 Å². The van der Waals surface area contributed by atoms with Gasteiger partial charge in [0.25, 0.3) is 0 Å². The van der Waals surface area contributed by atoms with Gasteiger partial charge in [-0.05, 0) is 72.1 Å². The summed E-state index contributed by atoms with van der Waals surface area (Å²) in [5.41, 5.74) is 1.42. The SMILES string of the molecule is O=S(=O)(CCCNCc1ccccc1)c1cccc(Oc2cccc(-c3ccnc4c(C(F)(F)F)cccc34)c2)c1. The van der Waals surface area contributed by atoms with Crippen LogP contribution in [0.25, 0.3) is 22.0 Å². The molecule has 1 aromatic heterocycles. The number of fused-ring (bicyclic) bond motifs is 1. The molecule has 5 aromatic rings. The molecule has 0 spiro atoms. The van der Waals surface area contributed by atoms with E-state index in [1.807, 2.05) is 30.3 Å². The molecule has 0 aliphatic heterocycles. The van der Waals surface area contributed by atoms with Gasteiger partial charge in [0.1, 0.15) is 11.5 Å². The second-order valence-corrected chi connectivity index (χ2v) is 11.6. The van der Waals surface area contributed by atoms with E-state index in [0.29, 0.717) is 47.5 Å². The van der Waals surface area contributed by atoms with Gasteiger partial charge in [-0.2, -0.15) is 13.2 Å². The highest BCUT2D eigenvalue weighted by Gasteiger charge is 2.33. The number of nitrogens with zero attached hydrogens (tertiary/aromatic N) is 1. The van der Waals surface area contributed by atoms with Crippen molar-refractivity contribution in [1.29, 1.82) is 0 Å². The van der Waals surface area contributed by atoms with Crippen molar-refractivity contribution < 1.29 is 26.3 Å². The number of aromatic nitrogens is 1. The zero-order valence-corrected chi connectivity index (χ0v) is 22.8. The molecule has 0 saturated carbocycles. The van der Waals surface area contributed by atoms with Crippen LogP contribution in [-0.4, -0.2) is 25.7 Å². The molecule has 41 heavy (non-hydrogen) atoms. The number of pyridine rings is 1. The Kier molecular flexibility index (Phi) is 8.37. The Labute approximate surface area is 236 Å². The molecule has 5 rings (SSSR count). The number of nitrogens with one attached hydrogen (secondary N) is 1. The summed E-state index contributed by atoms with van der Waals surface area (Å²) in [6, 6.07) is 28.7. The number of alkyl halides is 3. The maximum Gasteiger partial charge on any atom is 0.418 e. The minimum Gasteiger partial charge on any atom is -0.457 e. The van der Waals surface area contributed by atoms with Crippen LogP contribution in [0.2, 0.25) is 0 Å². The van der Waals surface area contributed by atoms with Crippen LogP contribution < -0.4 is 10.1 Å². The van der Waals surface area contributed by atoms with E-state index in [9.17, 15) is 21.6 Å². The van der Waals surface area contributed by atoms with E-state index in [1.54, 1.807) is 48.5 Å². The Morgan fingerprint density at radius 3 is 2.32 bits per heavy atom. The van der Waals surface area contributed by atoms with E-state index >= 15 is 0 Å². The van der Waals surface area contributed by atoms with Crippen molar-refractivity contribution in [3.05, 3.63) is 120 Å². The first-order valence-electron chi connectivity index (χ1n) is 13.0. The smallest absolute Gasteiger partial charge is 0.418 e. The molecule has 0 unspecified atom stereocenters. The van der Waals surface area contributed by atoms with Gasteiger partial charge in [-0.3, -0.25) is 4.98 Å². The maximum absolute atomic E-state index is 13.5. The normalized spacial score (nSPS) is 12.0. The molecule has 1 N–H and O–H groups in total. The summed E-state index contributed by atoms with van der Waals surface area (Å²) < 4.78 is 72.5. The van der Waals surface area contributed by atoms with Crippen molar-refractivity contribution in [2.75, 3.05) is 12.3 Å². The van der Waals surface area contributed by atoms with Gasteiger partial charge < -0.3 is 10.1 Å². The summed E-state index contributed by atoms with van der Waals surface area (Å²) in [7, 11) is -3.53. The minimum absolute atomic E-state index is 0.0112. The van der Waals surface area contributed by atoms with Gasteiger partial charge in [-0.15, -0.1) is 0 Å². The number of sulfone groups is 1. The Hall–Kier alpha value is -4.21. The summed E-state index contributed by atoms with van der Waals surface area (Å²) in [4.78, 5) is 4.15. The van der Waals surface area contributed by atoms with Gasteiger partial charge >= 0.3 is 6.18 Å². The summed E-state index contributed by atoms with van der Waals surface area (Å²) in [5, 5.41) is 3.63. The zero-order valence-electron chi connectivity index (χ0n) is 21.9. The van der Waals surface area contributed by atoms with Crippen LogP contribution in [0.1, 0.15) is 17.5 Å². The first kappa shape index (κ1) is 28.3. The van der Waals surface area contributed by atoms with Gasteiger partial charge in [0.05, 0.1) is 21.7 Å². The van der Waals surface area contributed by atoms with E-state index in [-0.39, 0.29) is 16.2 Å². The average Bonchev–Trinajstić information content (AvgIpc) is 2.96.